The van der Waals surface area contributed by atoms with Gasteiger partial charge in [-0.05, 0) is 5.92 Å². The number of fused-ring (bicyclic) bond motifs is 1. The van der Waals surface area contributed by atoms with Crippen molar-refractivity contribution in [2.75, 3.05) is 12.0 Å². The summed E-state index contributed by atoms with van der Waals surface area (Å²) in [6, 6.07) is 0. The van der Waals surface area contributed by atoms with E-state index in [2.05, 4.69) is 12.0 Å². The van der Waals surface area contributed by atoms with Crippen LogP contribution in [0.5, 0.6) is 0 Å². The normalized spacial score (nSPS) is 14.0. The maximum absolute atomic E-state index is 12.1. The van der Waals surface area contributed by atoms with Crippen LogP contribution >= 0.6 is 0 Å². The molecule has 2 heterocycles. The Morgan fingerprint density at radius 3 is 2.71 bits per heavy atom. The van der Waals surface area contributed by atoms with Gasteiger partial charge in [-0.1, -0.05) is 13.8 Å². The molecule has 0 unspecified atom stereocenters. The van der Waals surface area contributed by atoms with E-state index in [9.17, 15) is 9.59 Å². The lowest BCUT2D eigenvalue weighted by atomic mass is 10.2. The van der Waals surface area contributed by atoms with E-state index in [1.54, 1.807) is 9.14 Å². The second-order valence-corrected chi connectivity index (χ2v) is 4.72. The highest BCUT2D eigenvalue weighted by molar-refractivity contribution is 5.59. The SMILES string of the molecule is C=[N+]1CNc2c1n(CC(C)C)c(=O)n(C)c2=O. The lowest BCUT2D eigenvalue weighted by molar-refractivity contribution is -0.421. The molecule has 0 aromatic carbocycles. The Bertz CT molecular complexity index is 595. The molecular formula is C11H17N4O2+. The second kappa shape index (κ2) is 3.87. The molecule has 1 N–H and O–H groups in total. The highest BCUT2D eigenvalue weighted by atomic mass is 16.2. The summed E-state index contributed by atoms with van der Waals surface area (Å²) in [4.78, 5) is 24.0. The van der Waals surface area contributed by atoms with Crippen molar-refractivity contribution in [2.45, 2.75) is 20.4 Å². The van der Waals surface area contributed by atoms with Gasteiger partial charge in [0, 0.05) is 7.05 Å². The zero-order valence-electron chi connectivity index (χ0n) is 10.4. The Morgan fingerprint density at radius 1 is 1.47 bits per heavy atom. The maximum Gasteiger partial charge on any atom is 0.418 e. The third-order valence-electron chi connectivity index (χ3n) is 2.81. The predicted octanol–water partition coefficient (Wildman–Crippen LogP) is -0.0694. The van der Waals surface area contributed by atoms with Crippen molar-refractivity contribution in [1.29, 1.82) is 0 Å². The standard InChI is InChI=1S/C11H17N4O2/c1-7(2)5-15-9-8(12-6-13(9)3)10(16)14(4)11(15)17/h7,12H,3,5-6H2,1-2,4H3/q+1. The Morgan fingerprint density at radius 2 is 2.12 bits per heavy atom. The second-order valence-electron chi connectivity index (χ2n) is 4.72. The van der Waals surface area contributed by atoms with Gasteiger partial charge in [0.2, 0.25) is 0 Å². The van der Waals surface area contributed by atoms with Gasteiger partial charge in [0.05, 0.1) is 13.3 Å². The molecule has 0 bridgehead atoms. The molecule has 0 atom stereocenters. The summed E-state index contributed by atoms with van der Waals surface area (Å²) in [7, 11) is 1.50. The molecule has 92 valence electrons. The average Bonchev–Trinajstić information content (AvgIpc) is 2.63. The first kappa shape index (κ1) is 11.6. The summed E-state index contributed by atoms with van der Waals surface area (Å²) in [6.07, 6.45) is 0. The molecule has 0 aliphatic carbocycles. The number of rotatable bonds is 2. The van der Waals surface area contributed by atoms with Crippen LogP contribution in [0.4, 0.5) is 11.5 Å². The molecule has 0 fully saturated rings. The molecule has 0 saturated carbocycles. The van der Waals surface area contributed by atoms with Gasteiger partial charge < -0.3 is 5.32 Å². The van der Waals surface area contributed by atoms with Crippen molar-refractivity contribution in [1.82, 2.24) is 9.13 Å². The van der Waals surface area contributed by atoms with E-state index < -0.39 is 0 Å². The highest BCUT2D eigenvalue weighted by Crippen LogP contribution is 2.24. The first-order valence-corrected chi connectivity index (χ1v) is 5.59. The fraction of sp³-hybridized carbons (Fsp3) is 0.545. The average molecular weight is 237 g/mol. The lowest BCUT2D eigenvalue weighted by Crippen LogP contribution is -2.39. The number of anilines is 1. The Balaban J connectivity index is 2.79. The number of nitrogens with one attached hydrogen (secondary N) is 1. The fourth-order valence-electron chi connectivity index (χ4n) is 2.02. The van der Waals surface area contributed by atoms with Gasteiger partial charge in [-0.3, -0.25) is 4.79 Å². The van der Waals surface area contributed by atoms with Crippen LogP contribution in [0.1, 0.15) is 13.8 Å². The first-order chi connectivity index (χ1) is 7.93. The number of hydrogen-bond donors (Lipinski definition) is 1. The minimum atomic E-state index is -0.295. The monoisotopic (exact) mass is 237 g/mol. The van der Waals surface area contributed by atoms with Crippen molar-refractivity contribution in [2.24, 2.45) is 13.0 Å². The molecule has 0 radical (unpaired) electrons. The Hall–Kier alpha value is -1.85. The molecule has 0 spiro atoms. The Labute approximate surface area is 98.8 Å². The van der Waals surface area contributed by atoms with Crippen molar-refractivity contribution >= 4 is 18.2 Å². The fourth-order valence-corrected chi connectivity index (χ4v) is 2.02. The summed E-state index contributed by atoms with van der Waals surface area (Å²) < 4.78 is 4.38. The highest BCUT2D eigenvalue weighted by Gasteiger charge is 2.31. The van der Waals surface area contributed by atoms with Gasteiger partial charge in [-0.25, -0.2) is 13.9 Å². The summed E-state index contributed by atoms with van der Waals surface area (Å²) in [5.41, 5.74) is -0.126. The van der Waals surface area contributed by atoms with Crippen LogP contribution in [-0.2, 0) is 13.6 Å². The van der Waals surface area contributed by atoms with Crippen molar-refractivity contribution in [3.05, 3.63) is 20.8 Å². The van der Waals surface area contributed by atoms with Crippen LogP contribution < -0.4 is 16.6 Å². The molecule has 2 rings (SSSR count). The summed E-state index contributed by atoms with van der Waals surface area (Å²) in [6.45, 7) is 8.90. The van der Waals surface area contributed by atoms with Crippen molar-refractivity contribution in [3.63, 3.8) is 0 Å². The summed E-state index contributed by atoms with van der Waals surface area (Å²) >= 11 is 0. The summed E-state index contributed by atoms with van der Waals surface area (Å²) in [5, 5.41) is 2.97. The number of nitrogens with zero attached hydrogens (tertiary/aromatic N) is 3. The van der Waals surface area contributed by atoms with Gasteiger partial charge in [0.25, 0.3) is 5.56 Å². The molecule has 0 saturated heterocycles. The van der Waals surface area contributed by atoms with Gasteiger partial charge >= 0.3 is 11.5 Å². The number of hydrogen-bond acceptors (Lipinski definition) is 3. The molecule has 1 aliphatic heterocycles. The third-order valence-corrected chi connectivity index (χ3v) is 2.81. The molecule has 6 heteroatoms. The van der Waals surface area contributed by atoms with Gasteiger partial charge in [-0.2, -0.15) is 4.57 Å². The molecule has 6 nitrogen and oxygen atoms in total. The quantitative estimate of drug-likeness (QED) is 0.733. The molecule has 1 aliphatic rings. The molecule has 17 heavy (non-hydrogen) atoms. The van der Waals surface area contributed by atoms with Crippen LogP contribution in [0.25, 0.3) is 0 Å². The minimum absolute atomic E-state index is 0.292. The van der Waals surface area contributed by atoms with E-state index in [0.717, 1.165) is 4.57 Å². The van der Waals surface area contributed by atoms with Crippen LogP contribution in [0.2, 0.25) is 0 Å². The van der Waals surface area contributed by atoms with Gasteiger partial charge in [0.15, 0.2) is 12.4 Å². The molecule has 1 aromatic heterocycles. The Kier molecular flexibility index (Phi) is 2.65. The topological polar surface area (TPSA) is 59.0 Å². The lowest BCUT2D eigenvalue weighted by Gasteiger charge is -2.08. The molecule has 1 aromatic rings. The van der Waals surface area contributed by atoms with Crippen LogP contribution in [0, 0.1) is 5.92 Å². The zero-order valence-corrected chi connectivity index (χ0v) is 10.4. The summed E-state index contributed by atoms with van der Waals surface area (Å²) in [5.74, 6) is 0.912. The van der Waals surface area contributed by atoms with E-state index in [0.29, 0.717) is 30.6 Å². The van der Waals surface area contributed by atoms with E-state index >= 15 is 0 Å². The predicted molar refractivity (Wildman–Crippen MR) is 66.3 cm³/mol. The van der Waals surface area contributed by atoms with Crippen LogP contribution in [0.3, 0.4) is 0 Å². The van der Waals surface area contributed by atoms with Crippen molar-refractivity contribution in [3.8, 4) is 0 Å². The van der Waals surface area contributed by atoms with E-state index in [4.69, 9.17) is 0 Å². The molecule has 0 amide bonds. The largest absolute Gasteiger partial charge is 0.418 e. The van der Waals surface area contributed by atoms with Gasteiger partial charge in [-0.15, -0.1) is 0 Å². The van der Waals surface area contributed by atoms with E-state index in [1.807, 2.05) is 13.8 Å². The van der Waals surface area contributed by atoms with E-state index in [1.165, 1.54) is 7.05 Å². The minimum Gasteiger partial charge on any atom is -0.338 e. The first-order valence-electron chi connectivity index (χ1n) is 5.59. The smallest absolute Gasteiger partial charge is 0.338 e. The van der Waals surface area contributed by atoms with Crippen LogP contribution in [-0.4, -0.2) is 27.1 Å². The zero-order chi connectivity index (χ0) is 12.7. The molecular weight excluding hydrogens is 220 g/mol. The third kappa shape index (κ3) is 1.69. The van der Waals surface area contributed by atoms with E-state index in [-0.39, 0.29) is 11.2 Å². The van der Waals surface area contributed by atoms with Gasteiger partial charge in [0.1, 0.15) is 0 Å². The van der Waals surface area contributed by atoms with Crippen molar-refractivity contribution < 1.29 is 4.58 Å². The van der Waals surface area contributed by atoms with Crippen LogP contribution in [0.15, 0.2) is 9.59 Å². The maximum atomic E-state index is 12.1. The number of aromatic nitrogens is 2.